The minimum absolute atomic E-state index is 0. The zero-order valence-electron chi connectivity index (χ0n) is 24.0. The van der Waals surface area contributed by atoms with Gasteiger partial charge in [-0.1, -0.05) is 78.7 Å². The molecule has 0 atom stereocenters. The molecule has 20 heteroatoms. The number of hydrogen-bond donors (Lipinski definition) is 0. The molecule has 0 spiro atoms. The number of aromatic nitrogens is 2. The Morgan fingerprint density at radius 3 is 1.29 bits per heavy atom. The molecule has 14 nitrogen and oxygen atoms in total. The standard InChI is InChI=1S/2C14H12BrClN2O.2Cu.2NO3/c2*15-13-8-11(16)7-10(14(13)19)9-17-6-4-12-3-1-2-5-18-12;;;2*2-1(3)4/h2*1-3,5,7-9,19H,4,6H2;;;;/q;;2*+2;2*-1/p-2. The molecule has 262 valence electrons. The monoisotopic (exact) mass is 924 g/mol. The van der Waals surface area contributed by atoms with Crippen LogP contribution in [-0.4, -0.2) is 45.7 Å². The van der Waals surface area contributed by atoms with Crippen LogP contribution in [0.2, 0.25) is 10.0 Å². The van der Waals surface area contributed by atoms with E-state index >= 15 is 0 Å². The summed E-state index contributed by atoms with van der Waals surface area (Å²) in [5, 5.41) is 54.1. The fourth-order valence-electron chi connectivity index (χ4n) is 3.13. The summed E-state index contributed by atoms with van der Waals surface area (Å²) in [6, 6.07) is 17.9. The largest absolute Gasteiger partial charge is 2.00 e. The Kier molecular flexibility index (Phi) is 25.9. The molecule has 0 amide bonds. The topological polar surface area (TPSA) is 229 Å². The molecule has 0 unspecified atom stereocenters. The van der Waals surface area contributed by atoms with Gasteiger partial charge in [-0.3, -0.25) is 20.0 Å². The van der Waals surface area contributed by atoms with Crippen LogP contribution in [0.1, 0.15) is 22.5 Å². The summed E-state index contributed by atoms with van der Waals surface area (Å²) in [4.78, 5) is 33.4. The molecule has 0 saturated carbocycles. The molecule has 2 aromatic carbocycles. The van der Waals surface area contributed by atoms with Crippen LogP contribution >= 0.6 is 55.1 Å². The molecule has 0 aliphatic rings. The van der Waals surface area contributed by atoms with Crippen LogP contribution in [0, 0.1) is 30.6 Å². The van der Waals surface area contributed by atoms with E-state index in [0.717, 1.165) is 24.2 Å². The van der Waals surface area contributed by atoms with Crippen LogP contribution in [0.5, 0.6) is 11.5 Å². The van der Waals surface area contributed by atoms with E-state index in [0.29, 0.717) is 43.2 Å². The number of aliphatic imine (C=N–C) groups is 2. The normalized spacial score (nSPS) is 9.75. The van der Waals surface area contributed by atoms with E-state index < -0.39 is 10.2 Å². The number of nitrogens with zero attached hydrogens (tertiary/aromatic N) is 6. The van der Waals surface area contributed by atoms with Crippen molar-refractivity contribution in [2.45, 2.75) is 12.8 Å². The second-order valence-electron chi connectivity index (χ2n) is 8.27. The molecule has 4 aromatic rings. The van der Waals surface area contributed by atoms with E-state index in [1.807, 2.05) is 36.4 Å². The number of hydrogen-bond acceptors (Lipinski definition) is 12. The minimum Gasteiger partial charge on any atom is -0.871 e. The molecule has 0 fully saturated rings. The first-order valence-electron chi connectivity index (χ1n) is 12.5. The smallest absolute Gasteiger partial charge is 0.871 e. The van der Waals surface area contributed by atoms with Gasteiger partial charge in [0, 0.05) is 81.1 Å². The van der Waals surface area contributed by atoms with E-state index in [-0.39, 0.29) is 45.6 Å². The first kappa shape index (κ1) is 46.8. The summed E-state index contributed by atoms with van der Waals surface area (Å²) in [5.74, 6) is -0.211. The molecule has 4 rings (SSSR count). The third-order valence-corrected chi connectivity index (χ3v) is 6.60. The maximum atomic E-state index is 11.8. The average molecular weight is 928 g/mol. The van der Waals surface area contributed by atoms with Crippen molar-refractivity contribution in [2.75, 3.05) is 13.1 Å². The second-order valence-corrected chi connectivity index (χ2v) is 10.9. The first-order chi connectivity index (χ1) is 21.8. The van der Waals surface area contributed by atoms with Crippen molar-refractivity contribution < 1.29 is 54.5 Å². The summed E-state index contributed by atoms with van der Waals surface area (Å²) < 4.78 is 0.900. The van der Waals surface area contributed by atoms with Crippen molar-refractivity contribution in [3.05, 3.63) is 145 Å². The zero-order chi connectivity index (χ0) is 34.5. The molecular formula is C28H22Br2Cl2Cu2N6O8. The molecule has 0 aliphatic carbocycles. The predicted molar refractivity (Wildman–Crippen MR) is 179 cm³/mol. The first-order valence-corrected chi connectivity index (χ1v) is 14.9. The van der Waals surface area contributed by atoms with Gasteiger partial charge < -0.3 is 40.9 Å². The van der Waals surface area contributed by atoms with Gasteiger partial charge in [0.1, 0.15) is 0 Å². The second kappa shape index (κ2) is 26.6. The van der Waals surface area contributed by atoms with Crippen molar-refractivity contribution in [3.8, 4) is 11.5 Å². The van der Waals surface area contributed by atoms with Crippen molar-refractivity contribution in [1.29, 1.82) is 0 Å². The number of benzene rings is 2. The Bertz CT molecular complexity index is 1490. The average Bonchev–Trinajstić information content (AvgIpc) is 2.99. The molecule has 0 aliphatic heterocycles. The molecule has 0 saturated heterocycles. The van der Waals surface area contributed by atoms with E-state index in [1.165, 1.54) is 0 Å². The van der Waals surface area contributed by atoms with Crippen LogP contribution in [0.3, 0.4) is 0 Å². The summed E-state index contributed by atoms with van der Waals surface area (Å²) >= 11 is 18.1. The summed E-state index contributed by atoms with van der Waals surface area (Å²) in [6.07, 6.45) is 8.11. The maximum Gasteiger partial charge on any atom is 2.00 e. The van der Waals surface area contributed by atoms with Crippen LogP contribution in [-0.2, 0) is 47.0 Å². The Morgan fingerprint density at radius 1 is 0.667 bits per heavy atom. The summed E-state index contributed by atoms with van der Waals surface area (Å²) in [7, 11) is 0. The SMILES string of the molecule is O=[N+]([O-])[O-].O=[N+]([O-])[O-].[Cu+2].[Cu+2].[O-]c1c(Br)cc(Cl)cc1C=NCCc1ccccn1.[O-]c1c(Br)cc(Cl)cc1C=NCCc1ccccn1. The number of rotatable bonds is 8. The van der Waals surface area contributed by atoms with Gasteiger partial charge in [0.2, 0.25) is 0 Å². The van der Waals surface area contributed by atoms with E-state index in [9.17, 15) is 10.2 Å². The molecule has 2 heterocycles. The Hall–Kier alpha value is -3.34. The van der Waals surface area contributed by atoms with Gasteiger partial charge in [0.05, 0.1) is 10.2 Å². The minimum atomic E-state index is -1.75. The van der Waals surface area contributed by atoms with Gasteiger partial charge in [-0.15, -0.1) is 0 Å². The molecule has 0 bridgehead atoms. The fourth-order valence-corrected chi connectivity index (χ4v) is 4.80. The van der Waals surface area contributed by atoms with Gasteiger partial charge in [-0.25, -0.2) is 0 Å². The Balaban J connectivity index is 0. The van der Waals surface area contributed by atoms with E-state index in [1.54, 1.807) is 49.1 Å². The third-order valence-electron chi connectivity index (χ3n) is 4.98. The van der Waals surface area contributed by atoms with Crippen molar-refractivity contribution in [2.24, 2.45) is 9.98 Å². The molecule has 2 aromatic heterocycles. The van der Waals surface area contributed by atoms with Crippen LogP contribution in [0.15, 0.2) is 92.0 Å². The third kappa shape index (κ3) is 21.5. The summed E-state index contributed by atoms with van der Waals surface area (Å²) in [5.41, 5.74) is 2.93. The van der Waals surface area contributed by atoms with Crippen LogP contribution < -0.4 is 10.2 Å². The zero-order valence-corrected chi connectivity index (χ0v) is 30.5. The Morgan fingerprint density at radius 2 is 1.00 bits per heavy atom. The van der Waals surface area contributed by atoms with Gasteiger partial charge >= 0.3 is 34.1 Å². The Labute approximate surface area is 322 Å². The van der Waals surface area contributed by atoms with Gasteiger partial charge in [-0.2, -0.15) is 0 Å². The van der Waals surface area contributed by atoms with Crippen molar-refractivity contribution in [3.63, 3.8) is 0 Å². The van der Waals surface area contributed by atoms with E-state index in [2.05, 4.69) is 51.8 Å². The quantitative estimate of drug-likeness (QED) is 0.0868. The molecule has 2 radical (unpaired) electrons. The van der Waals surface area contributed by atoms with Crippen LogP contribution in [0.4, 0.5) is 0 Å². The predicted octanol–water partition coefficient (Wildman–Crippen LogP) is 5.98. The van der Waals surface area contributed by atoms with Crippen molar-refractivity contribution >= 4 is 67.5 Å². The fraction of sp³-hybridized carbons (Fsp3) is 0.143. The maximum absolute atomic E-state index is 11.8. The van der Waals surface area contributed by atoms with Crippen molar-refractivity contribution in [1.82, 2.24) is 9.97 Å². The molecular weight excluding hydrogens is 906 g/mol. The van der Waals surface area contributed by atoms with Gasteiger partial charge in [-0.05, 0) is 59.7 Å². The number of pyridine rings is 2. The van der Waals surface area contributed by atoms with Crippen LogP contribution in [0.25, 0.3) is 0 Å². The molecule has 0 N–H and O–H groups in total. The molecule has 48 heavy (non-hydrogen) atoms. The van der Waals surface area contributed by atoms with Gasteiger partial charge in [0.15, 0.2) is 0 Å². The van der Waals surface area contributed by atoms with E-state index in [4.69, 9.17) is 53.8 Å². The number of halogens is 4. The van der Waals surface area contributed by atoms with Gasteiger partial charge in [0.25, 0.3) is 0 Å². The summed E-state index contributed by atoms with van der Waals surface area (Å²) in [6.45, 7) is 1.17.